The molecule has 0 spiro atoms. The molecular formula is C29H29FN4O2. The molecule has 4 aromatic rings. The number of benzene rings is 2. The Morgan fingerprint density at radius 1 is 0.972 bits per heavy atom. The first-order valence-corrected chi connectivity index (χ1v) is 12.1. The fourth-order valence-electron chi connectivity index (χ4n) is 5.01. The van der Waals surface area contributed by atoms with Crippen molar-refractivity contribution in [1.29, 1.82) is 0 Å². The molecule has 6 nitrogen and oxygen atoms in total. The number of nitrogens with zero attached hydrogens (tertiary/aromatic N) is 4. The molecule has 1 aliphatic rings. The van der Waals surface area contributed by atoms with Gasteiger partial charge in [-0.15, -0.1) is 0 Å². The van der Waals surface area contributed by atoms with Gasteiger partial charge in [0.25, 0.3) is 5.56 Å². The number of rotatable bonds is 6. The summed E-state index contributed by atoms with van der Waals surface area (Å²) in [6.45, 7) is 4.97. The number of para-hydroxylation sites is 1. The Morgan fingerprint density at radius 2 is 1.75 bits per heavy atom. The molecule has 2 aromatic heterocycles. The third-order valence-corrected chi connectivity index (χ3v) is 6.82. The average molecular weight is 485 g/mol. The third-order valence-electron chi connectivity index (χ3n) is 6.82. The number of aromatic hydroxyl groups is 1. The van der Waals surface area contributed by atoms with Crippen molar-refractivity contribution in [3.8, 4) is 5.75 Å². The zero-order valence-electron chi connectivity index (χ0n) is 20.2. The van der Waals surface area contributed by atoms with Gasteiger partial charge >= 0.3 is 0 Å². The Hall–Kier alpha value is -3.97. The van der Waals surface area contributed by atoms with E-state index in [0.29, 0.717) is 30.9 Å². The lowest BCUT2D eigenvalue weighted by Gasteiger charge is -2.40. The molecule has 0 aliphatic carbocycles. The van der Waals surface area contributed by atoms with Crippen LogP contribution in [0, 0.1) is 12.7 Å². The number of aryl methyl sites for hydroxylation is 1. The van der Waals surface area contributed by atoms with Gasteiger partial charge in [0.15, 0.2) is 0 Å². The van der Waals surface area contributed by atoms with Crippen LogP contribution in [0.25, 0.3) is 0 Å². The Morgan fingerprint density at radius 3 is 2.44 bits per heavy atom. The van der Waals surface area contributed by atoms with E-state index in [0.717, 1.165) is 24.3 Å². The molecule has 5 rings (SSSR count). The first-order valence-electron chi connectivity index (χ1n) is 12.1. The van der Waals surface area contributed by atoms with E-state index in [2.05, 4.69) is 26.9 Å². The van der Waals surface area contributed by atoms with Gasteiger partial charge in [-0.3, -0.25) is 14.7 Å². The number of halogens is 1. The van der Waals surface area contributed by atoms with Crippen molar-refractivity contribution in [2.45, 2.75) is 19.5 Å². The molecule has 0 amide bonds. The van der Waals surface area contributed by atoms with Crippen molar-refractivity contribution in [3.63, 3.8) is 0 Å². The molecule has 1 fully saturated rings. The van der Waals surface area contributed by atoms with Crippen molar-refractivity contribution < 1.29 is 9.50 Å². The summed E-state index contributed by atoms with van der Waals surface area (Å²) in [6.07, 6.45) is 3.42. The highest BCUT2D eigenvalue weighted by Crippen LogP contribution is 2.34. The number of pyridine rings is 2. The molecule has 0 saturated carbocycles. The van der Waals surface area contributed by atoms with Gasteiger partial charge in [0.1, 0.15) is 11.6 Å². The average Bonchev–Trinajstić information content (AvgIpc) is 2.90. The van der Waals surface area contributed by atoms with Crippen LogP contribution in [0.15, 0.2) is 90.0 Å². The number of piperazine rings is 1. The molecule has 0 radical (unpaired) electrons. The number of hydrogen-bond acceptors (Lipinski definition) is 5. The molecule has 1 unspecified atom stereocenters. The van der Waals surface area contributed by atoms with Crippen LogP contribution in [0.1, 0.15) is 28.4 Å². The van der Waals surface area contributed by atoms with Gasteiger partial charge in [0.05, 0.1) is 18.2 Å². The van der Waals surface area contributed by atoms with E-state index in [1.54, 1.807) is 36.0 Å². The minimum Gasteiger partial charge on any atom is -0.507 e. The largest absolute Gasteiger partial charge is 0.507 e. The number of aromatic nitrogens is 2. The van der Waals surface area contributed by atoms with E-state index in [1.165, 1.54) is 12.1 Å². The highest BCUT2D eigenvalue weighted by Gasteiger charge is 2.31. The first kappa shape index (κ1) is 23.8. The van der Waals surface area contributed by atoms with Gasteiger partial charge in [-0.25, -0.2) is 4.39 Å². The SMILES string of the molecule is Cc1cc(O)c(C(c2cccc(F)c2)N2CCN(c3ccccc3)CC2)c(=O)n1Cc1cccnc1. The second-order valence-corrected chi connectivity index (χ2v) is 9.15. The number of anilines is 1. The Bertz CT molecular complexity index is 1380. The van der Waals surface area contributed by atoms with Crippen LogP contribution in [-0.4, -0.2) is 45.7 Å². The lowest BCUT2D eigenvalue weighted by molar-refractivity contribution is 0.207. The normalized spacial score (nSPS) is 15.1. The second kappa shape index (κ2) is 10.3. The first-order chi connectivity index (χ1) is 17.5. The summed E-state index contributed by atoms with van der Waals surface area (Å²) in [7, 11) is 0. The monoisotopic (exact) mass is 484 g/mol. The van der Waals surface area contributed by atoms with E-state index in [4.69, 9.17) is 0 Å². The van der Waals surface area contributed by atoms with Crippen LogP contribution in [0.4, 0.5) is 10.1 Å². The topological polar surface area (TPSA) is 61.6 Å². The summed E-state index contributed by atoms with van der Waals surface area (Å²) in [5, 5.41) is 11.1. The summed E-state index contributed by atoms with van der Waals surface area (Å²) in [5.74, 6) is -0.442. The third kappa shape index (κ3) is 4.88. The van der Waals surface area contributed by atoms with Gasteiger partial charge < -0.3 is 14.6 Å². The van der Waals surface area contributed by atoms with Crippen molar-refractivity contribution >= 4 is 5.69 Å². The summed E-state index contributed by atoms with van der Waals surface area (Å²) in [5.41, 5.74) is 3.32. The lowest BCUT2D eigenvalue weighted by Crippen LogP contribution is -2.49. The van der Waals surface area contributed by atoms with Crippen LogP contribution in [0.5, 0.6) is 5.75 Å². The Kier molecular flexibility index (Phi) is 6.82. The van der Waals surface area contributed by atoms with E-state index in [-0.39, 0.29) is 22.7 Å². The molecule has 36 heavy (non-hydrogen) atoms. The summed E-state index contributed by atoms with van der Waals surface area (Å²) >= 11 is 0. The highest BCUT2D eigenvalue weighted by molar-refractivity contribution is 5.47. The van der Waals surface area contributed by atoms with Gasteiger partial charge in [0, 0.05) is 50.0 Å². The van der Waals surface area contributed by atoms with Crippen molar-refractivity contribution in [2.24, 2.45) is 0 Å². The van der Waals surface area contributed by atoms with Crippen LogP contribution >= 0.6 is 0 Å². The van der Waals surface area contributed by atoms with Gasteiger partial charge in [0.2, 0.25) is 0 Å². The summed E-state index contributed by atoms with van der Waals surface area (Å²) in [4.78, 5) is 22.5. The molecule has 7 heteroatoms. The zero-order chi connectivity index (χ0) is 25.1. The van der Waals surface area contributed by atoms with Crippen LogP contribution in [0.3, 0.4) is 0 Å². The molecule has 2 aromatic carbocycles. The molecule has 1 N–H and O–H groups in total. The van der Waals surface area contributed by atoms with Gasteiger partial charge in [-0.1, -0.05) is 36.4 Å². The highest BCUT2D eigenvalue weighted by atomic mass is 19.1. The molecule has 3 heterocycles. The van der Waals surface area contributed by atoms with Crippen molar-refractivity contribution in [3.05, 3.63) is 124 Å². The Labute approximate surface area is 209 Å². The fraction of sp³-hybridized carbons (Fsp3) is 0.241. The zero-order valence-corrected chi connectivity index (χ0v) is 20.2. The van der Waals surface area contributed by atoms with Crippen molar-refractivity contribution in [2.75, 3.05) is 31.1 Å². The second-order valence-electron chi connectivity index (χ2n) is 9.15. The minimum atomic E-state index is -0.577. The van der Waals surface area contributed by atoms with E-state index in [1.807, 2.05) is 36.4 Å². The molecular weight excluding hydrogens is 455 g/mol. The summed E-state index contributed by atoms with van der Waals surface area (Å²) in [6, 6.07) is 21.3. The fourth-order valence-corrected chi connectivity index (χ4v) is 5.01. The molecule has 184 valence electrons. The van der Waals surface area contributed by atoms with E-state index >= 15 is 0 Å². The van der Waals surface area contributed by atoms with Crippen LogP contribution < -0.4 is 10.5 Å². The summed E-state index contributed by atoms with van der Waals surface area (Å²) < 4.78 is 16.0. The predicted molar refractivity (Wildman–Crippen MR) is 139 cm³/mol. The van der Waals surface area contributed by atoms with E-state index < -0.39 is 6.04 Å². The molecule has 1 atom stereocenters. The van der Waals surface area contributed by atoms with Gasteiger partial charge in [-0.05, 0) is 54.4 Å². The lowest BCUT2D eigenvalue weighted by atomic mass is 9.95. The standard InChI is InChI=1S/C29H29FN4O2/c1-21-17-26(35)27(29(36)34(21)20-22-7-6-12-31-19-22)28(23-8-5-9-24(30)18-23)33-15-13-32(14-16-33)25-10-3-2-4-11-25/h2-12,17-19,28,35H,13-16,20H2,1H3. The number of hydrogen-bond donors (Lipinski definition) is 1. The molecule has 0 bridgehead atoms. The van der Waals surface area contributed by atoms with E-state index in [9.17, 15) is 14.3 Å². The predicted octanol–water partition coefficient (Wildman–Crippen LogP) is 4.36. The maximum atomic E-state index is 14.3. The Balaban J connectivity index is 1.54. The molecule has 1 saturated heterocycles. The van der Waals surface area contributed by atoms with Crippen molar-refractivity contribution in [1.82, 2.24) is 14.5 Å². The maximum Gasteiger partial charge on any atom is 0.259 e. The smallest absolute Gasteiger partial charge is 0.259 e. The maximum absolute atomic E-state index is 14.3. The molecule has 1 aliphatic heterocycles. The quantitative estimate of drug-likeness (QED) is 0.441. The van der Waals surface area contributed by atoms with Gasteiger partial charge in [-0.2, -0.15) is 0 Å². The van der Waals surface area contributed by atoms with Crippen LogP contribution in [0.2, 0.25) is 0 Å². The minimum absolute atomic E-state index is 0.0697. The van der Waals surface area contributed by atoms with Crippen LogP contribution in [-0.2, 0) is 6.54 Å².